The van der Waals surface area contributed by atoms with Crippen LogP contribution in [0.15, 0.2) is 0 Å². The van der Waals surface area contributed by atoms with Crippen LogP contribution in [-0.2, 0) is 4.79 Å². The van der Waals surface area contributed by atoms with Crippen molar-refractivity contribution in [2.75, 3.05) is 6.54 Å². The van der Waals surface area contributed by atoms with Crippen molar-refractivity contribution in [3.8, 4) is 0 Å². The zero-order valence-corrected chi connectivity index (χ0v) is 13.7. The average molecular weight is 283 g/mol. The van der Waals surface area contributed by atoms with Gasteiger partial charge in [-0.3, -0.25) is 4.79 Å². The smallest absolute Gasteiger partial charge is 0.310 e. The van der Waals surface area contributed by atoms with Crippen LogP contribution in [0.5, 0.6) is 0 Å². The fourth-order valence-corrected chi connectivity index (χ4v) is 3.57. The normalized spacial score (nSPS) is 24.1. The molecule has 0 aliphatic heterocycles. The molecule has 1 aliphatic rings. The molecule has 0 bridgehead atoms. The molecular formula is C17H33NO2. The highest BCUT2D eigenvalue weighted by molar-refractivity contribution is 5.74. The van der Waals surface area contributed by atoms with E-state index in [1.807, 2.05) is 13.8 Å². The maximum absolute atomic E-state index is 11.5. The quantitative estimate of drug-likeness (QED) is 0.706. The van der Waals surface area contributed by atoms with Gasteiger partial charge in [-0.2, -0.15) is 0 Å². The summed E-state index contributed by atoms with van der Waals surface area (Å²) in [6.45, 7) is 9.18. The minimum Gasteiger partial charge on any atom is -0.481 e. The average Bonchev–Trinajstić information content (AvgIpc) is 2.40. The van der Waals surface area contributed by atoms with E-state index in [0.29, 0.717) is 25.4 Å². The molecule has 1 saturated carbocycles. The Morgan fingerprint density at radius 1 is 1.30 bits per heavy atom. The number of carboxylic acid groups (broad SMARTS) is 1. The van der Waals surface area contributed by atoms with E-state index in [1.165, 1.54) is 32.1 Å². The molecule has 0 spiro atoms. The molecule has 0 radical (unpaired) electrons. The molecule has 0 saturated heterocycles. The van der Waals surface area contributed by atoms with E-state index >= 15 is 0 Å². The topological polar surface area (TPSA) is 49.3 Å². The Hall–Kier alpha value is -0.570. The molecule has 3 heteroatoms. The lowest BCUT2D eigenvalue weighted by molar-refractivity contribution is -0.149. The van der Waals surface area contributed by atoms with E-state index < -0.39 is 11.4 Å². The van der Waals surface area contributed by atoms with E-state index in [9.17, 15) is 9.90 Å². The number of carboxylic acids is 1. The Morgan fingerprint density at radius 3 is 2.45 bits per heavy atom. The second kappa shape index (κ2) is 8.02. The maximum atomic E-state index is 11.5. The fourth-order valence-electron chi connectivity index (χ4n) is 3.57. The third-order valence-corrected chi connectivity index (χ3v) is 5.12. The fraction of sp³-hybridized carbons (Fsp3) is 0.941. The Labute approximate surface area is 124 Å². The first-order valence-electron chi connectivity index (χ1n) is 8.40. The van der Waals surface area contributed by atoms with Gasteiger partial charge in [-0.15, -0.1) is 0 Å². The highest BCUT2D eigenvalue weighted by Gasteiger charge is 2.35. The predicted octanol–water partition coefficient (Wildman–Crippen LogP) is 4.07. The number of hydrogen-bond acceptors (Lipinski definition) is 2. The van der Waals surface area contributed by atoms with E-state index in [4.69, 9.17) is 0 Å². The van der Waals surface area contributed by atoms with Gasteiger partial charge in [0.15, 0.2) is 0 Å². The summed E-state index contributed by atoms with van der Waals surface area (Å²) in [4.78, 5) is 11.5. The van der Waals surface area contributed by atoms with Gasteiger partial charge in [-0.25, -0.2) is 0 Å². The van der Waals surface area contributed by atoms with Crippen LogP contribution in [0.3, 0.4) is 0 Å². The molecule has 20 heavy (non-hydrogen) atoms. The third kappa shape index (κ3) is 4.76. The first-order valence-corrected chi connectivity index (χ1v) is 8.40. The summed E-state index contributed by atoms with van der Waals surface area (Å²) >= 11 is 0. The molecule has 1 fully saturated rings. The van der Waals surface area contributed by atoms with Crippen LogP contribution in [0.2, 0.25) is 0 Å². The minimum absolute atomic E-state index is 0.518. The van der Waals surface area contributed by atoms with Crippen molar-refractivity contribution in [3.05, 3.63) is 0 Å². The van der Waals surface area contributed by atoms with Crippen LogP contribution < -0.4 is 5.32 Å². The molecule has 1 rings (SSSR count). The summed E-state index contributed by atoms with van der Waals surface area (Å²) in [5.41, 5.74) is -0.578. The largest absolute Gasteiger partial charge is 0.481 e. The second-order valence-electron chi connectivity index (χ2n) is 7.03. The molecular weight excluding hydrogens is 250 g/mol. The van der Waals surface area contributed by atoms with Gasteiger partial charge < -0.3 is 10.4 Å². The van der Waals surface area contributed by atoms with Crippen molar-refractivity contribution in [2.45, 2.75) is 78.7 Å². The van der Waals surface area contributed by atoms with Crippen LogP contribution in [-0.4, -0.2) is 23.7 Å². The lowest BCUT2D eigenvalue weighted by Gasteiger charge is -2.34. The van der Waals surface area contributed by atoms with Crippen LogP contribution in [0, 0.1) is 17.3 Å². The number of carbonyl (C=O) groups is 1. The molecule has 0 heterocycles. The molecule has 1 aliphatic carbocycles. The zero-order valence-electron chi connectivity index (χ0n) is 13.7. The number of aliphatic carboxylic acids is 1. The summed E-state index contributed by atoms with van der Waals surface area (Å²) in [5, 5.41) is 13.1. The Bertz CT molecular complexity index is 297. The van der Waals surface area contributed by atoms with Crippen LogP contribution in [0.25, 0.3) is 0 Å². The van der Waals surface area contributed by atoms with E-state index in [0.717, 1.165) is 11.8 Å². The lowest BCUT2D eigenvalue weighted by atomic mass is 9.79. The van der Waals surface area contributed by atoms with Crippen molar-refractivity contribution < 1.29 is 9.90 Å². The monoisotopic (exact) mass is 283 g/mol. The molecule has 0 amide bonds. The predicted molar refractivity (Wildman–Crippen MR) is 83.9 cm³/mol. The number of rotatable bonds is 8. The molecule has 3 nitrogen and oxygen atoms in total. The van der Waals surface area contributed by atoms with Crippen molar-refractivity contribution in [1.29, 1.82) is 0 Å². The van der Waals surface area contributed by atoms with Gasteiger partial charge in [0.1, 0.15) is 0 Å². The second-order valence-corrected chi connectivity index (χ2v) is 7.03. The van der Waals surface area contributed by atoms with Gasteiger partial charge in [-0.05, 0) is 43.9 Å². The van der Waals surface area contributed by atoms with Crippen molar-refractivity contribution in [3.63, 3.8) is 0 Å². The van der Waals surface area contributed by atoms with Gasteiger partial charge in [-0.1, -0.05) is 40.5 Å². The zero-order chi connectivity index (χ0) is 15.2. The summed E-state index contributed by atoms with van der Waals surface area (Å²) in [6, 6.07) is 0.518. The minimum atomic E-state index is -0.649. The molecule has 0 aromatic heterocycles. The van der Waals surface area contributed by atoms with Crippen LogP contribution in [0.4, 0.5) is 0 Å². The van der Waals surface area contributed by atoms with Gasteiger partial charge in [0, 0.05) is 12.6 Å². The van der Waals surface area contributed by atoms with E-state index in [1.54, 1.807) is 0 Å². The molecule has 0 aromatic rings. The summed E-state index contributed by atoms with van der Waals surface area (Å²) in [5.74, 6) is 0.941. The van der Waals surface area contributed by atoms with E-state index in [2.05, 4.69) is 19.2 Å². The van der Waals surface area contributed by atoms with Crippen LogP contribution >= 0.6 is 0 Å². The molecule has 2 N–H and O–H groups in total. The van der Waals surface area contributed by atoms with E-state index in [-0.39, 0.29) is 0 Å². The van der Waals surface area contributed by atoms with Crippen molar-refractivity contribution >= 4 is 5.97 Å². The Balaban J connectivity index is 2.49. The van der Waals surface area contributed by atoms with Crippen LogP contribution in [0.1, 0.15) is 72.6 Å². The van der Waals surface area contributed by atoms with Gasteiger partial charge in [0.05, 0.1) is 5.41 Å². The molecule has 2 unspecified atom stereocenters. The Kier molecular flexibility index (Phi) is 7.01. The first-order chi connectivity index (χ1) is 9.43. The summed E-state index contributed by atoms with van der Waals surface area (Å²) in [6.07, 6.45) is 7.78. The number of hydrogen-bond donors (Lipinski definition) is 2. The highest BCUT2D eigenvalue weighted by Crippen LogP contribution is 2.31. The SMILES string of the molecule is CCC(CC)(CNC1CCCC(CC(C)C)C1)C(=O)O. The van der Waals surface area contributed by atoms with Gasteiger partial charge in [0.2, 0.25) is 0 Å². The molecule has 2 atom stereocenters. The summed E-state index contributed by atoms with van der Waals surface area (Å²) < 4.78 is 0. The first kappa shape index (κ1) is 17.5. The lowest BCUT2D eigenvalue weighted by Crippen LogP contribution is -2.45. The molecule has 118 valence electrons. The van der Waals surface area contributed by atoms with Crippen molar-refractivity contribution in [2.24, 2.45) is 17.3 Å². The van der Waals surface area contributed by atoms with Gasteiger partial charge >= 0.3 is 5.97 Å². The summed E-state index contributed by atoms with van der Waals surface area (Å²) in [7, 11) is 0. The highest BCUT2D eigenvalue weighted by atomic mass is 16.4. The Morgan fingerprint density at radius 2 is 1.95 bits per heavy atom. The third-order valence-electron chi connectivity index (χ3n) is 5.12. The van der Waals surface area contributed by atoms with Crippen molar-refractivity contribution in [1.82, 2.24) is 5.32 Å². The maximum Gasteiger partial charge on any atom is 0.310 e. The van der Waals surface area contributed by atoms with Gasteiger partial charge in [0.25, 0.3) is 0 Å². The number of nitrogens with one attached hydrogen (secondary N) is 1. The standard InChI is InChI=1S/C17H33NO2/c1-5-17(6-2,16(19)20)12-18-15-9-7-8-14(11-15)10-13(3)4/h13-15,18H,5-12H2,1-4H3,(H,19,20). The molecule has 0 aromatic carbocycles.